The second kappa shape index (κ2) is 4.84. The molecule has 86 valence electrons. The summed E-state index contributed by atoms with van der Waals surface area (Å²) in [7, 11) is 1.88. The van der Waals surface area contributed by atoms with Crippen LogP contribution in [-0.2, 0) is 4.74 Å². The van der Waals surface area contributed by atoms with Crippen molar-refractivity contribution < 1.29 is 9.53 Å². The van der Waals surface area contributed by atoms with E-state index in [9.17, 15) is 4.79 Å². The summed E-state index contributed by atoms with van der Waals surface area (Å²) in [4.78, 5) is 13.5. The van der Waals surface area contributed by atoms with Crippen molar-refractivity contribution >= 4 is 6.03 Å². The van der Waals surface area contributed by atoms with Gasteiger partial charge in [0.25, 0.3) is 0 Å². The van der Waals surface area contributed by atoms with E-state index in [0.29, 0.717) is 12.0 Å². The molecule has 1 N–H and O–H groups in total. The third kappa shape index (κ3) is 3.38. The number of hydrogen-bond acceptors (Lipinski definition) is 2. The topological polar surface area (TPSA) is 41.6 Å². The molecule has 2 fully saturated rings. The van der Waals surface area contributed by atoms with Crippen LogP contribution in [0.4, 0.5) is 4.79 Å². The zero-order valence-electron chi connectivity index (χ0n) is 9.37. The molecule has 1 saturated heterocycles. The SMILES string of the molecule is CN(CC1CCOCC1)C(=O)NC1CC1. The first-order chi connectivity index (χ1) is 7.25. The van der Waals surface area contributed by atoms with Gasteiger partial charge in [0.05, 0.1) is 0 Å². The summed E-state index contributed by atoms with van der Waals surface area (Å²) in [5, 5.41) is 3.00. The average Bonchev–Trinajstić information content (AvgIpc) is 3.03. The average molecular weight is 212 g/mol. The van der Waals surface area contributed by atoms with Gasteiger partial charge in [0.1, 0.15) is 0 Å². The summed E-state index contributed by atoms with van der Waals surface area (Å²) < 4.78 is 5.30. The fourth-order valence-corrected chi connectivity index (χ4v) is 1.91. The van der Waals surface area contributed by atoms with E-state index in [0.717, 1.165) is 45.4 Å². The Balaban J connectivity index is 1.69. The fraction of sp³-hybridized carbons (Fsp3) is 0.909. The molecule has 0 spiro atoms. The highest BCUT2D eigenvalue weighted by molar-refractivity contribution is 5.74. The van der Waals surface area contributed by atoms with Crippen molar-refractivity contribution in [3.8, 4) is 0 Å². The van der Waals surface area contributed by atoms with Gasteiger partial charge in [-0.15, -0.1) is 0 Å². The van der Waals surface area contributed by atoms with Gasteiger partial charge in [-0.2, -0.15) is 0 Å². The summed E-state index contributed by atoms with van der Waals surface area (Å²) in [5.41, 5.74) is 0. The Hall–Kier alpha value is -0.770. The number of ether oxygens (including phenoxy) is 1. The van der Waals surface area contributed by atoms with Gasteiger partial charge in [-0.25, -0.2) is 4.79 Å². The molecule has 2 amide bonds. The molecule has 2 aliphatic rings. The van der Waals surface area contributed by atoms with E-state index in [4.69, 9.17) is 4.74 Å². The predicted molar refractivity (Wildman–Crippen MR) is 57.7 cm³/mol. The predicted octanol–water partition coefficient (Wildman–Crippen LogP) is 1.22. The normalized spacial score (nSPS) is 22.5. The fourth-order valence-electron chi connectivity index (χ4n) is 1.91. The van der Waals surface area contributed by atoms with Crippen molar-refractivity contribution in [3.63, 3.8) is 0 Å². The molecular weight excluding hydrogens is 192 g/mol. The smallest absolute Gasteiger partial charge is 0.317 e. The van der Waals surface area contributed by atoms with Crippen LogP contribution in [0.5, 0.6) is 0 Å². The van der Waals surface area contributed by atoms with Crippen LogP contribution in [0.1, 0.15) is 25.7 Å². The van der Waals surface area contributed by atoms with Gasteiger partial charge in [0.15, 0.2) is 0 Å². The number of nitrogens with zero attached hydrogens (tertiary/aromatic N) is 1. The minimum atomic E-state index is 0.0870. The molecular formula is C11H20N2O2. The second-order valence-electron chi connectivity index (χ2n) is 4.66. The molecule has 1 aliphatic heterocycles. The lowest BCUT2D eigenvalue weighted by molar-refractivity contribution is 0.0586. The number of hydrogen-bond donors (Lipinski definition) is 1. The zero-order chi connectivity index (χ0) is 10.7. The van der Waals surface area contributed by atoms with Crippen molar-refractivity contribution in [2.24, 2.45) is 5.92 Å². The lowest BCUT2D eigenvalue weighted by atomic mass is 10.0. The highest BCUT2D eigenvalue weighted by Gasteiger charge is 2.25. The van der Waals surface area contributed by atoms with Crippen LogP contribution in [0.2, 0.25) is 0 Å². The van der Waals surface area contributed by atoms with Gasteiger partial charge >= 0.3 is 6.03 Å². The monoisotopic (exact) mass is 212 g/mol. The summed E-state index contributed by atoms with van der Waals surface area (Å²) >= 11 is 0. The lowest BCUT2D eigenvalue weighted by Crippen LogP contribution is -2.41. The van der Waals surface area contributed by atoms with Gasteiger partial charge in [-0.05, 0) is 31.6 Å². The van der Waals surface area contributed by atoms with E-state index in [1.165, 1.54) is 0 Å². The van der Waals surface area contributed by atoms with Crippen LogP contribution in [0.15, 0.2) is 0 Å². The second-order valence-corrected chi connectivity index (χ2v) is 4.66. The Kier molecular flexibility index (Phi) is 3.46. The van der Waals surface area contributed by atoms with Crippen LogP contribution in [-0.4, -0.2) is 43.8 Å². The Bertz CT molecular complexity index is 223. The Morgan fingerprint density at radius 2 is 2.00 bits per heavy atom. The molecule has 0 aromatic heterocycles. The van der Waals surface area contributed by atoms with Gasteiger partial charge in [-0.1, -0.05) is 0 Å². The molecule has 0 bridgehead atoms. The maximum atomic E-state index is 11.7. The van der Waals surface area contributed by atoms with E-state index in [2.05, 4.69) is 5.32 Å². The Morgan fingerprint density at radius 3 is 2.60 bits per heavy atom. The zero-order valence-corrected chi connectivity index (χ0v) is 9.37. The summed E-state index contributed by atoms with van der Waals surface area (Å²) in [6.45, 7) is 2.56. The quantitative estimate of drug-likeness (QED) is 0.764. The number of urea groups is 1. The summed E-state index contributed by atoms with van der Waals surface area (Å²) in [6, 6.07) is 0.540. The van der Waals surface area contributed by atoms with Crippen LogP contribution >= 0.6 is 0 Å². The molecule has 4 nitrogen and oxygen atoms in total. The minimum Gasteiger partial charge on any atom is -0.381 e. The molecule has 0 atom stereocenters. The van der Waals surface area contributed by atoms with Gasteiger partial charge in [-0.3, -0.25) is 0 Å². The molecule has 1 aliphatic carbocycles. The van der Waals surface area contributed by atoms with Crippen LogP contribution in [0.3, 0.4) is 0 Å². The third-order valence-electron chi connectivity index (χ3n) is 3.12. The van der Waals surface area contributed by atoms with E-state index < -0.39 is 0 Å². The third-order valence-corrected chi connectivity index (χ3v) is 3.12. The van der Waals surface area contributed by atoms with Crippen LogP contribution < -0.4 is 5.32 Å². The summed E-state index contributed by atoms with van der Waals surface area (Å²) in [5.74, 6) is 0.619. The standard InChI is InChI=1S/C11H20N2O2/c1-13(11(14)12-10-2-3-10)8-9-4-6-15-7-5-9/h9-10H,2-8H2,1H3,(H,12,14). The van der Waals surface area contributed by atoms with Crippen molar-refractivity contribution in [2.45, 2.75) is 31.7 Å². The molecule has 0 unspecified atom stereocenters. The van der Waals surface area contributed by atoms with E-state index in [1.807, 2.05) is 11.9 Å². The van der Waals surface area contributed by atoms with Crippen LogP contribution in [0.25, 0.3) is 0 Å². The van der Waals surface area contributed by atoms with Crippen molar-refractivity contribution in [2.75, 3.05) is 26.8 Å². The van der Waals surface area contributed by atoms with Crippen molar-refractivity contribution in [1.82, 2.24) is 10.2 Å². The molecule has 2 rings (SSSR count). The molecule has 0 aromatic rings. The van der Waals surface area contributed by atoms with Gasteiger partial charge in [0, 0.05) is 32.8 Å². The Morgan fingerprint density at radius 1 is 1.33 bits per heavy atom. The molecule has 1 heterocycles. The molecule has 4 heteroatoms. The van der Waals surface area contributed by atoms with Gasteiger partial charge in [0.2, 0.25) is 0 Å². The summed E-state index contributed by atoms with van der Waals surface area (Å²) in [6.07, 6.45) is 4.47. The van der Waals surface area contributed by atoms with E-state index in [-0.39, 0.29) is 6.03 Å². The van der Waals surface area contributed by atoms with E-state index >= 15 is 0 Å². The highest BCUT2D eigenvalue weighted by atomic mass is 16.5. The van der Waals surface area contributed by atoms with Crippen molar-refractivity contribution in [3.05, 3.63) is 0 Å². The van der Waals surface area contributed by atoms with Gasteiger partial charge < -0.3 is 15.0 Å². The Labute approximate surface area is 91.0 Å². The molecule has 1 saturated carbocycles. The maximum absolute atomic E-state index is 11.7. The highest BCUT2D eigenvalue weighted by Crippen LogP contribution is 2.19. The number of carbonyl (C=O) groups excluding carboxylic acids is 1. The first-order valence-electron chi connectivity index (χ1n) is 5.85. The van der Waals surface area contributed by atoms with Crippen molar-refractivity contribution in [1.29, 1.82) is 0 Å². The number of carbonyl (C=O) groups is 1. The number of nitrogens with one attached hydrogen (secondary N) is 1. The first kappa shape index (κ1) is 10.7. The molecule has 0 radical (unpaired) electrons. The van der Waals surface area contributed by atoms with Crippen LogP contribution in [0, 0.1) is 5.92 Å². The number of amides is 2. The minimum absolute atomic E-state index is 0.0870. The maximum Gasteiger partial charge on any atom is 0.317 e. The first-order valence-corrected chi connectivity index (χ1v) is 5.85. The number of rotatable bonds is 3. The molecule has 0 aromatic carbocycles. The lowest BCUT2D eigenvalue weighted by Gasteiger charge is -2.27. The molecule has 15 heavy (non-hydrogen) atoms. The van der Waals surface area contributed by atoms with E-state index in [1.54, 1.807) is 0 Å². The largest absolute Gasteiger partial charge is 0.381 e.